The van der Waals surface area contributed by atoms with E-state index in [-0.39, 0.29) is 12.5 Å². The molecule has 0 atom stereocenters. The molecule has 0 bridgehead atoms. The average molecular weight is 202 g/mol. The van der Waals surface area contributed by atoms with E-state index in [1.165, 1.54) is 0 Å². The number of anilines is 1. The molecule has 1 heterocycles. The van der Waals surface area contributed by atoms with E-state index in [1.54, 1.807) is 4.90 Å². The lowest BCUT2D eigenvalue weighted by molar-refractivity contribution is -0.119. The lowest BCUT2D eigenvalue weighted by atomic mass is 10.1. The zero-order valence-electron chi connectivity index (χ0n) is 8.35. The number of rotatable bonds is 2. The van der Waals surface area contributed by atoms with E-state index in [9.17, 15) is 9.59 Å². The molecule has 0 aliphatic carbocycles. The van der Waals surface area contributed by atoms with Crippen molar-refractivity contribution in [2.45, 2.75) is 12.8 Å². The highest BCUT2D eigenvalue weighted by Crippen LogP contribution is 2.27. The number of hydrogen-bond acceptors (Lipinski definition) is 2. The van der Waals surface area contributed by atoms with Gasteiger partial charge in [0.05, 0.1) is 6.54 Å². The van der Waals surface area contributed by atoms with Crippen LogP contribution in [0.25, 0.3) is 0 Å². The van der Waals surface area contributed by atoms with Gasteiger partial charge in [-0.2, -0.15) is 0 Å². The van der Waals surface area contributed by atoms with E-state index >= 15 is 0 Å². The maximum absolute atomic E-state index is 11.7. The second-order valence-corrected chi connectivity index (χ2v) is 3.47. The number of carbonyl (C=O) groups excluding carboxylic acids is 2. The van der Waals surface area contributed by atoms with Crippen LogP contribution in [-0.2, 0) is 9.59 Å². The van der Waals surface area contributed by atoms with Gasteiger partial charge in [0.1, 0.15) is 6.29 Å². The van der Waals surface area contributed by atoms with Gasteiger partial charge in [0.25, 0.3) is 0 Å². The molecular formula is C12H12NO2. The Bertz CT molecular complexity index is 387. The lowest BCUT2D eigenvalue weighted by Gasteiger charge is -2.20. The first-order valence-electron chi connectivity index (χ1n) is 4.99. The van der Waals surface area contributed by atoms with Gasteiger partial charge in [0, 0.05) is 12.1 Å². The Balaban J connectivity index is 2.42. The fourth-order valence-electron chi connectivity index (χ4n) is 1.80. The highest BCUT2D eigenvalue weighted by molar-refractivity contribution is 5.97. The van der Waals surface area contributed by atoms with E-state index in [0.717, 1.165) is 24.0 Å². The number of aldehydes is 1. The third-order valence-electron chi connectivity index (χ3n) is 2.51. The van der Waals surface area contributed by atoms with Crippen LogP contribution in [0.5, 0.6) is 0 Å². The number of nitrogens with zero attached hydrogens (tertiary/aromatic N) is 1. The van der Waals surface area contributed by atoms with Crippen LogP contribution in [0.1, 0.15) is 18.4 Å². The topological polar surface area (TPSA) is 37.4 Å². The number of benzene rings is 1. The van der Waals surface area contributed by atoms with Crippen molar-refractivity contribution in [1.82, 2.24) is 0 Å². The van der Waals surface area contributed by atoms with E-state index in [1.807, 2.05) is 30.7 Å². The van der Waals surface area contributed by atoms with Crippen molar-refractivity contribution in [2.24, 2.45) is 0 Å². The van der Waals surface area contributed by atoms with E-state index in [2.05, 4.69) is 0 Å². The van der Waals surface area contributed by atoms with Crippen LogP contribution >= 0.6 is 0 Å². The molecule has 0 fully saturated rings. The predicted molar refractivity (Wildman–Crippen MR) is 57.5 cm³/mol. The molecule has 1 aromatic carbocycles. The van der Waals surface area contributed by atoms with Crippen LogP contribution in [0.4, 0.5) is 5.69 Å². The fourth-order valence-corrected chi connectivity index (χ4v) is 1.80. The Hall–Kier alpha value is -1.64. The van der Waals surface area contributed by atoms with Gasteiger partial charge in [-0.1, -0.05) is 18.2 Å². The summed E-state index contributed by atoms with van der Waals surface area (Å²) in [6.07, 6.45) is 4.02. The Morgan fingerprint density at radius 1 is 1.33 bits per heavy atom. The SMILES string of the molecule is O=CCN1C(=O)CC[CH]c2ccccc21. The van der Waals surface area contributed by atoms with Crippen LogP contribution in [0.2, 0.25) is 0 Å². The summed E-state index contributed by atoms with van der Waals surface area (Å²) < 4.78 is 0. The van der Waals surface area contributed by atoms with E-state index in [0.29, 0.717) is 6.42 Å². The molecule has 0 spiro atoms. The first-order chi connectivity index (χ1) is 7.33. The minimum Gasteiger partial charge on any atom is -0.305 e. The van der Waals surface area contributed by atoms with E-state index in [4.69, 9.17) is 0 Å². The predicted octanol–water partition coefficient (Wildman–Crippen LogP) is 1.56. The molecule has 0 unspecified atom stereocenters. The van der Waals surface area contributed by atoms with Crippen molar-refractivity contribution in [1.29, 1.82) is 0 Å². The van der Waals surface area contributed by atoms with Crippen LogP contribution in [0.3, 0.4) is 0 Å². The molecule has 1 aliphatic rings. The summed E-state index contributed by atoms with van der Waals surface area (Å²) in [5.41, 5.74) is 1.87. The molecule has 77 valence electrons. The minimum atomic E-state index is 0.0169. The molecule has 15 heavy (non-hydrogen) atoms. The molecule has 3 nitrogen and oxygen atoms in total. The first kappa shape index (κ1) is 9.90. The average Bonchev–Trinajstić information content (AvgIpc) is 2.40. The zero-order chi connectivity index (χ0) is 10.7. The Kier molecular flexibility index (Phi) is 2.81. The molecule has 1 radical (unpaired) electrons. The number of amides is 1. The summed E-state index contributed by atoms with van der Waals surface area (Å²) in [7, 11) is 0. The van der Waals surface area contributed by atoms with Crippen molar-refractivity contribution in [2.75, 3.05) is 11.4 Å². The first-order valence-corrected chi connectivity index (χ1v) is 4.99. The minimum absolute atomic E-state index is 0.0169. The molecular weight excluding hydrogens is 190 g/mol. The van der Waals surface area contributed by atoms with Gasteiger partial charge in [0.2, 0.25) is 5.91 Å². The summed E-state index contributed by atoms with van der Waals surface area (Å²) in [5.74, 6) is 0.0169. The standard InChI is InChI=1S/C12H12NO2/c14-9-8-13-11-6-2-1-4-10(11)5-3-7-12(13)15/h1-2,4-6,9H,3,7-8H2. The molecule has 0 saturated heterocycles. The summed E-state index contributed by atoms with van der Waals surface area (Å²) in [4.78, 5) is 23.8. The summed E-state index contributed by atoms with van der Waals surface area (Å²) >= 11 is 0. The van der Waals surface area contributed by atoms with Gasteiger partial charge in [-0.25, -0.2) is 0 Å². The van der Waals surface area contributed by atoms with Crippen LogP contribution < -0.4 is 4.90 Å². The van der Waals surface area contributed by atoms with Crippen molar-refractivity contribution < 1.29 is 9.59 Å². The molecule has 0 N–H and O–H groups in total. The van der Waals surface area contributed by atoms with Gasteiger partial charge in [-0.3, -0.25) is 4.79 Å². The maximum Gasteiger partial charge on any atom is 0.227 e. The van der Waals surface area contributed by atoms with E-state index < -0.39 is 0 Å². The summed E-state index contributed by atoms with van der Waals surface area (Å²) in [6.45, 7) is 0.143. The molecule has 2 rings (SSSR count). The third-order valence-corrected chi connectivity index (χ3v) is 2.51. The Morgan fingerprint density at radius 3 is 2.93 bits per heavy atom. The number of fused-ring (bicyclic) bond motifs is 1. The molecule has 1 aliphatic heterocycles. The van der Waals surface area contributed by atoms with Gasteiger partial charge < -0.3 is 9.69 Å². The lowest BCUT2D eigenvalue weighted by Crippen LogP contribution is -2.31. The van der Waals surface area contributed by atoms with Crippen molar-refractivity contribution >= 4 is 17.9 Å². The number of hydrogen-bond donors (Lipinski definition) is 0. The molecule has 1 aromatic rings. The van der Waals surface area contributed by atoms with Crippen LogP contribution in [0.15, 0.2) is 24.3 Å². The Morgan fingerprint density at radius 2 is 2.13 bits per heavy atom. The highest BCUT2D eigenvalue weighted by atomic mass is 16.2. The van der Waals surface area contributed by atoms with Crippen LogP contribution in [0, 0.1) is 6.42 Å². The normalized spacial score (nSPS) is 15.7. The second-order valence-electron chi connectivity index (χ2n) is 3.47. The maximum atomic E-state index is 11.7. The number of para-hydroxylation sites is 1. The summed E-state index contributed by atoms with van der Waals surface area (Å²) in [6, 6.07) is 7.65. The summed E-state index contributed by atoms with van der Waals surface area (Å²) in [5, 5.41) is 0. The largest absolute Gasteiger partial charge is 0.305 e. The second kappa shape index (κ2) is 4.26. The molecule has 0 aromatic heterocycles. The monoisotopic (exact) mass is 202 g/mol. The fraction of sp³-hybridized carbons (Fsp3) is 0.250. The van der Waals surface area contributed by atoms with Crippen LogP contribution in [-0.4, -0.2) is 18.7 Å². The Labute approximate surface area is 88.7 Å². The van der Waals surface area contributed by atoms with Gasteiger partial charge in [-0.15, -0.1) is 0 Å². The van der Waals surface area contributed by atoms with Gasteiger partial charge in [-0.05, 0) is 24.5 Å². The molecule has 1 amide bonds. The quantitative estimate of drug-likeness (QED) is 0.682. The van der Waals surface area contributed by atoms with Gasteiger partial charge in [0.15, 0.2) is 0 Å². The third kappa shape index (κ3) is 1.91. The molecule has 0 saturated carbocycles. The highest BCUT2D eigenvalue weighted by Gasteiger charge is 2.20. The van der Waals surface area contributed by atoms with Crippen molar-refractivity contribution in [3.63, 3.8) is 0 Å². The van der Waals surface area contributed by atoms with Crippen molar-refractivity contribution in [3.8, 4) is 0 Å². The molecule has 3 heteroatoms. The smallest absolute Gasteiger partial charge is 0.227 e. The number of carbonyl (C=O) groups is 2. The van der Waals surface area contributed by atoms with Crippen molar-refractivity contribution in [3.05, 3.63) is 36.2 Å². The van der Waals surface area contributed by atoms with Gasteiger partial charge >= 0.3 is 0 Å². The zero-order valence-corrected chi connectivity index (χ0v) is 8.35.